The number of carbonyl (C=O) groups excluding carboxylic acids is 1. The summed E-state index contributed by atoms with van der Waals surface area (Å²) in [5.74, 6) is 0.262. The van der Waals surface area contributed by atoms with Crippen molar-refractivity contribution in [3.05, 3.63) is 23.8 Å². The van der Waals surface area contributed by atoms with E-state index in [0.717, 1.165) is 37.7 Å². The van der Waals surface area contributed by atoms with Crippen molar-refractivity contribution in [3.63, 3.8) is 0 Å². The fourth-order valence-corrected chi connectivity index (χ4v) is 8.16. The number of aliphatic hydroxyl groups excluding tert-OH is 2. The maximum absolute atomic E-state index is 13.2. The van der Waals surface area contributed by atoms with Crippen LogP contribution in [0.25, 0.3) is 0 Å². The summed E-state index contributed by atoms with van der Waals surface area (Å²) in [6.45, 7) is 9.91. The van der Waals surface area contributed by atoms with Gasteiger partial charge in [0.1, 0.15) is 0 Å². The maximum Gasteiger partial charge on any atom is 0.159 e. The van der Waals surface area contributed by atoms with Crippen LogP contribution in [0, 0.1) is 40.4 Å². The zero-order valence-electron chi connectivity index (χ0n) is 21.1. The first kappa shape index (κ1) is 25.1. The Morgan fingerprint density at radius 2 is 1.82 bits per heavy atom. The second kappa shape index (κ2) is 8.29. The van der Waals surface area contributed by atoms with Crippen LogP contribution in [0.2, 0.25) is 0 Å². The number of hydrogen-bond acceptors (Lipinski definition) is 5. The molecular formula is C28H44O5. The number of ketones is 1. The molecule has 0 amide bonds. The molecule has 0 aromatic heterocycles. The molecule has 4 N–H and O–H groups in total. The minimum absolute atomic E-state index is 0.0903. The summed E-state index contributed by atoms with van der Waals surface area (Å²) < 4.78 is 0. The molecule has 0 aromatic carbocycles. The Balaban J connectivity index is 1.63. The molecule has 0 aromatic rings. The molecular weight excluding hydrogens is 416 g/mol. The molecule has 0 saturated heterocycles. The van der Waals surface area contributed by atoms with Crippen LogP contribution in [-0.2, 0) is 4.79 Å². The smallest absolute Gasteiger partial charge is 0.159 e. The van der Waals surface area contributed by atoms with E-state index in [9.17, 15) is 25.2 Å². The van der Waals surface area contributed by atoms with Crippen molar-refractivity contribution >= 4 is 5.78 Å². The lowest BCUT2D eigenvalue weighted by Gasteiger charge is -2.59. The normalized spacial score (nSPS) is 45.2. The standard InChI is InChI=1S/C28H44O5/c1-17(6-7-18(16-29)25(2,3)32)20-10-13-28(33)22-15-24(31)23-14-19(30)8-11-26(23,4)21(22)9-12-27(20,28)5/h6-7,15,17-21,23,29-30,32-33H,8-14,16H2,1-5H3/b7-6+/t17-,18-,19+,20-,21+,23-,26-,27-,28-/m1/s1. The summed E-state index contributed by atoms with van der Waals surface area (Å²) in [5, 5.41) is 42.5. The van der Waals surface area contributed by atoms with Crippen molar-refractivity contribution in [2.75, 3.05) is 6.61 Å². The van der Waals surface area contributed by atoms with Crippen LogP contribution in [0.1, 0.15) is 79.6 Å². The number of fused-ring (bicyclic) bond motifs is 5. The third kappa shape index (κ3) is 3.78. The molecule has 0 spiro atoms. The van der Waals surface area contributed by atoms with Crippen molar-refractivity contribution in [2.45, 2.75) is 96.9 Å². The predicted octanol–water partition coefficient (Wildman–Crippen LogP) is 3.79. The van der Waals surface area contributed by atoms with Crippen LogP contribution >= 0.6 is 0 Å². The summed E-state index contributed by atoms with van der Waals surface area (Å²) in [5.41, 5.74) is -1.51. The van der Waals surface area contributed by atoms with E-state index in [-0.39, 0.29) is 52.8 Å². The van der Waals surface area contributed by atoms with Crippen molar-refractivity contribution in [2.24, 2.45) is 40.4 Å². The highest BCUT2D eigenvalue weighted by Gasteiger charge is 2.66. The lowest BCUT2D eigenvalue weighted by atomic mass is 9.46. The number of rotatable bonds is 5. The van der Waals surface area contributed by atoms with E-state index in [1.165, 1.54) is 0 Å². The summed E-state index contributed by atoms with van der Waals surface area (Å²) >= 11 is 0. The third-order valence-corrected chi connectivity index (χ3v) is 10.5. The van der Waals surface area contributed by atoms with Gasteiger partial charge in [0, 0.05) is 17.3 Å². The molecule has 0 heterocycles. The van der Waals surface area contributed by atoms with Gasteiger partial charge in [0.25, 0.3) is 0 Å². The van der Waals surface area contributed by atoms with Gasteiger partial charge >= 0.3 is 0 Å². The molecule has 0 radical (unpaired) electrons. The number of aliphatic hydroxyl groups is 4. The maximum atomic E-state index is 13.2. The average Bonchev–Trinajstić information content (AvgIpc) is 3.00. The first-order chi connectivity index (χ1) is 15.3. The Morgan fingerprint density at radius 3 is 2.45 bits per heavy atom. The van der Waals surface area contributed by atoms with Gasteiger partial charge < -0.3 is 20.4 Å². The zero-order valence-corrected chi connectivity index (χ0v) is 21.1. The molecule has 33 heavy (non-hydrogen) atoms. The SMILES string of the molecule is C[C@H](/C=C/[C@H](CO)C(C)(C)O)[C@H]1CC[C@@]2(O)C3=CC(=O)[C@H]4C[C@@H](O)CC[C@]4(C)[C@H]3CC[C@]12C. The minimum atomic E-state index is -0.990. The summed E-state index contributed by atoms with van der Waals surface area (Å²) in [6, 6.07) is 0. The van der Waals surface area contributed by atoms with E-state index in [0.29, 0.717) is 12.8 Å². The largest absolute Gasteiger partial charge is 0.396 e. The van der Waals surface area contributed by atoms with Gasteiger partial charge in [0.2, 0.25) is 0 Å². The van der Waals surface area contributed by atoms with E-state index in [2.05, 4.69) is 26.8 Å². The highest BCUT2D eigenvalue weighted by molar-refractivity contribution is 5.95. The van der Waals surface area contributed by atoms with Gasteiger partial charge in [0.05, 0.1) is 23.9 Å². The quantitative estimate of drug-likeness (QED) is 0.468. The predicted molar refractivity (Wildman–Crippen MR) is 128 cm³/mol. The van der Waals surface area contributed by atoms with Gasteiger partial charge in [-0.05, 0) is 93.6 Å². The van der Waals surface area contributed by atoms with Crippen LogP contribution < -0.4 is 0 Å². The molecule has 5 nitrogen and oxygen atoms in total. The molecule has 0 unspecified atom stereocenters. The van der Waals surface area contributed by atoms with E-state index in [1.54, 1.807) is 19.9 Å². The van der Waals surface area contributed by atoms with Crippen LogP contribution in [0.4, 0.5) is 0 Å². The molecule has 4 rings (SSSR count). The second-order valence-electron chi connectivity index (χ2n) is 12.7. The van der Waals surface area contributed by atoms with E-state index in [4.69, 9.17) is 0 Å². The van der Waals surface area contributed by atoms with Gasteiger partial charge in [-0.3, -0.25) is 4.79 Å². The Morgan fingerprint density at radius 1 is 1.12 bits per heavy atom. The number of carbonyl (C=O) groups is 1. The number of allylic oxidation sites excluding steroid dienone is 2. The molecule has 186 valence electrons. The molecule has 0 bridgehead atoms. The van der Waals surface area contributed by atoms with Gasteiger partial charge in [-0.1, -0.05) is 32.9 Å². The molecule has 3 fully saturated rings. The van der Waals surface area contributed by atoms with Gasteiger partial charge in [-0.25, -0.2) is 0 Å². The van der Waals surface area contributed by atoms with Gasteiger partial charge in [-0.15, -0.1) is 0 Å². The molecule has 0 aliphatic heterocycles. The van der Waals surface area contributed by atoms with E-state index >= 15 is 0 Å². The van der Waals surface area contributed by atoms with Crippen molar-refractivity contribution in [1.29, 1.82) is 0 Å². The van der Waals surface area contributed by atoms with E-state index in [1.807, 2.05) is 6.08 Å². The first-order valence-electron chi connectivity index (χ1n) is 13.0. The van der Waals surface area contributed by atoms with Crippen molar-refractivity contribution < 1.29 is 25.2 Å². The molecule has 4 aliphatic carbocycles. The molecule has 9 atom stereocenters. The summed E-state index contributed by atoms with van der Waals surface area (Å²) in [4.78, 5) is 13.2. The first-order valence-corrected chi connectivity index (χ1v) is 13.0. The Labute approximate surface area is 199 Å². The van der Waals surface area contributed by atoms with Crippen LogP contribution in [0.3, 0.4) is 0 Å². The van der Waals surface area contributed by atoms with Crippen LogP contribution in [0.5, 0.6) is 0 Å². The van der Waals surface area contributed by atoms with Crippen molar-refractivity contribution in [1.82, 2.24) is 0 Å². The highest BCUT2D eigenvalue weighted by atomic mass is 16.3. The van der Waals surface area contributed by atoms with Crippen molar-refractivity contribution in [3.8, 4) is 0 Å². The highest BCUT2D eigenvalue weighted by Crippen LogP contribution is 2.68. The Kier molecular flexibility index (Phi) is 6.30. The Hall–Kier alpha value is -1.01. The zero-order chi connectivity index (χ0) is 24.4. The summed E-state index contributed by atoms with van der Waals surface area (Å²) in [6.07, 6.45) is 11.0. The molecule has 5 heteroatoms. The topological polar surface area (TPSA) is 98.0 Å². The third-order valence-electron chi connectivity index (χ3n) is 10.5. The lowest BCUT2D eigenvalue weighted by Crippen LogP contribution is -2.59. The number of hydrogen-bond donors (Lipinski definition) is 4. The fraction of sp³-hybridized carbons (Fsp3) is 0.821. The minimum Gasteiger partial charge on any atom is -0.396 e. The van der Waals surface area contributed by atoms with Gasteiger partial charge in [-0.2, -0.15) is 0 Å². The Bertz CT molecular complexity index is 840. The molecule has 3 saturated carbocycles. The fourth-order valence-electron chi connectivity index (χ4n) is 8.16. The summed E-state index contributed by atoms with van der Waals surface area (Å²) in [7, 11) is 0. The van der Waals surface area contributed by atoms with Crippen LogP contribution in [-0.4, -0.2) is 50.1 Å². The van der Waals surface area contributed by atoms with E-state index < -0.39 is 17.3 Å². The average molecular weight is 461 g/mol. The van der Waals surface area contributed by atoms with Crippen LogP contribution in [0.15, 0.2) is 23.8 Å². The second-order valence-corrected chi connectivity index (χ2v) is 12.7. The molecule has 4 aliphatic rings. The monoisotopic (exact) mass is 460 g/mol. The van der Waals surface area contributed by atoms with Gasteiger partial charge in [0.15, 0.2) is 5.78 Å². The lowest BCUT2D eigenvalue weighted by molar-refractivity contribution is -0.140.